The number of carboxylic acid groups (broad SMARTS) is 1. The van der Waals surface area contributed by atoms with Crippen LogP contribution in [0.25, 0.3) is 0 Å². The van der Waals surface area contributed by atoms with Gasteiger partial charge in [0.05, 0.1) is 6.61 Å². The number of amides is 1. The number of aliphatic carboxylic acids is 1. The molecule has 1 amide bonds. The van der Waals surface area contributed by atoms with Crippen molar-refractivity contribution in [1.29, 1.82) is 0 Å². The number of rotatable bonds is 6. The summed E-state index contributed by atoms with van der Waals surface area (Å²) in [6, 6.07) is 4.16. The molecule has 6 nitrogen and oxygen atoms in total. The van der Waals surface area contributed by atoms with Crippen LogP contribution in [0.15, 0.2) is 18.2 Å². The number of carbonyl (C=O) groups excluding carboxylic acids is 1. The fourth-order valence-electron chi connectivity index (χ4n) is 2.06. The first-order valence-electron chi connectivity index (χ1n) is 6.40. The van der Waals surface area contributed by atoms with E-state index in [1.807, 2.05) is 0 Å². The average Bonchev–Trinajstić information content (AvgIpc) is 2.90. The molecule has 0 saturated heterocycles. The minimum Gasteiger partial charge on any atom is -0.493 e. The Morgan fingerprint density at radius 2 is 2.30 bits per heavy atom. The SMILES string of the molecule is COCCC(NC(=O)c1ccc2c(c1)CCO2)C(=O)O. The van der Waals surface area contributed by atoms with Crippen LogP contribution < -0.4 is 10.1 Å². The standard InChI is InChI=1S/C14H17NO5/c1-19-6-5-11(14(17)18)15-13(16)10-2-3-12-9(8-10)4-7-20-12/h2-3,8,11H,4-7H2,1H3,(H,15,16)(H,17,18). The summed E-state index contributed by atoms with van der Waals surface area (Å²) in [5.74, 6) is -0.682. The molecule has 1 heterocycles. The third-order valence-electron chi connectivity index (χ3n) is 3.17. The molecule has 1 aliphatic heterocycles. The van der Waals surface area contributed by atoms with Gasteiger partial charge in [-0.3, -0.25) is 4.79 Å². The normalized spacial score (nSPS) is 14.2. The van der Waals surface area contributed by atoms with Crippen LogP contribution in [0.2, 0.25) is 0 Å². The van der Waals surface area contributed by atoms with E-state index in [2.05, 4.69) is 5.32 Å². The van der Waals surface area contributed by atoms with Gasteiger partial charge in [-0.25, -0.2) is 4.79 Å². The van der Waals surface area contributed by atoms with Crippen molar-refractivity contribution in [2.24, 2.45) is 0 Å². The summed E-state index contributed by atoms with van der Waals surface area (Å²) in [4.78, 5) is 23.1. The number of carbonyl (C=O) groups is 2. The van der Waals surface area contributed by atoms with Gasteiger partial charge in [-0.05, 0) is 23.8 Å². The highest BCUT2D eigenvalue weighted by atomic mass is 16.5. The molecule has 0 spiro atoms. The Morgan fingerprint density at radius 1 is 1.50 bits per heavy atom. The van der Waals surface area contributed by atoms with Crippen LogP contribution >= 0.6 is 0 Å². The number of benzene rings is 1. The van der Waals surface area contributed by atoms with Crippen molar-refractivity contribution >= 4 is 11.9 Å². The van der Waals surface area contributed by atoms with Crippen LogP contribution in [-0.4, -0.2) is 43.3 Å². The van der Waals surface area contributed by atoms with Gasteiger partial charge in [0, 0.05) is 32.1 Å². The minimum absolute atomic E-state index is 0.228. The predicted octanol–water partition coefficient (Wildman–Crippen LogP) is 0.841. The predicted molar refractivity (Wildman–Crippen MR) is 71.0 cm³/mol. The van der Waals surface area contributed by atoms with Crippen molar-refractivity contribution < 1.29 is 24.2 Å². The lowest BCUT2D eigenvalue weighted by molar-refractivity contribution is -0.139. The maximum absolute atomic E-state index is 12.1. The van der Waals surface area contributed by atoms with Gasteiger partial charge in [-0.1, -0.05) is 0 Å². The van der Waals surface area contributed by atoms with Gasteiger partial charge in [-0.2, -0.15) is 0 Å². The number of fused-ring (bicyclic) bond motifs is 1. The molecule has 6 heteroatoms. The summed E-state index contributed by atoms with van der Waals surface area (Å²) in [7, 11) is 1.49. The van der Waals surface area contributed by atoms with Gasteiger partial charge >= 0.3 is 5.97 Å². The summed E-state index contributed by atoms with van der Waals surface area (Å²) in [6.45, 7) is 0.890. The summed E-state index contributed by atoms with van der Waals surface area (Å²) in [5.41, 5.74) is 1.42. The molecular weight excluding hydrogens is 262 g/mol. The van der Waals surface area contributed by atoms with Crippen LogP contribution in [0.1, 0.15) is 22.3 Å². The highest BCUT2D eigenvalue weighted by Gasteiger charge is 2.21. The molecular formula is C14H17NO5. The van der Waals surface area contributed by atoms with E-state index >= 15 is 0 Å². The Balaban J connectivity index is 2.04. The van der Waals surface area contributed by atoms with E-state index in [-0.39, 0.29) is 13.0 Å². The maximum Gasteiger partial charge on any atom is 0.326 e. The lowest BCUT2D eigenvalue weighted by Gasteiger charge is -2.14. The second-order valence-corrected chi connectivity index (χ2v) is 4.57. The van der Waals surface area contributed by atoms with E-state index in [1.54, 1.807) is 18.2 Å². The molecule has 0 radical (unpaired) electrons. The molecule has 0 bridgehead atoms. The fourth-order valence-corrected chi connectivity index (χ4v) is 2.06. The monoisotopic (exact) mass is 279 g/mol. The smallest absolute Gasteiger partial charge is 0.326 e. The van der Waals surface area contributed by atoms with E-state index in [4.69, 9.17) is 14.6 Å². The van der Waals surface area contributed by atoms with Crippen molar-refractivity contribution in [3.8, 4) is 5.75 Å². The van der Waals surface area contributed by atoms with Gasteiger partial charge in [0.1, 0.15) is 11.8 Å². The van der Waals surface area contributed by atoms with Crippen molar-refractivity contribution in [3.05, 3.63) is 29.3 Å². The first-order chi connectivity index (χ1) is 9.61. The summed E-state index contributed by atoms with van der Waals surface area (Å²) in [5, 5.41) is 11.6. The first kappa shape index (κ1) is 14.3. The Hall–Kier alpha value is -2.08. The largest absolute Gasteiger partial charge is 0.493 e. The molecule has 0 aromatic heterocycles. The summed E-state index contributed by atoms with van der Waals surface area (Å²) >= 11 is 0. The lowest BCUT2D eigenvalue weighted by Crippen LogP contribution is -2.41. The van der Waals surface area contributed by atoms with Crippen LogP contribution in [0, 0.1) is 0 Å². The Bertz CT molecular complexity index is 514. The molecule has 1 aromatic carbocycles. The fraction of sp³-hybridized carbons (Fsp3) is 0.429. The Kier molecular flexibility index (Phi) is 4.57. The van der Waals surface area contributed by atoms with E-state index in [1.165, 1.54) is 7.11 Å². The molecule has 2 rings (SSSR count). The molecule has 0 aliphatic carbocycles. The van der Waals surface area contributed by atoms with Crippen LogP contribution in [0.4, 0.5) is 0 Å². The number of ether oxygens (including phenoxy) is 2. The van der Waals surface area contributed by atoms with Crippen molar-refractivity contribution in [3.63, 3.8) is 0 Å². The third-order valence-corrected chi connectivity index (χ3v) is 3.17. The van der Waals surface area contributed by atoms with Crippen molar-refractivity contribution in [2.45, 2.75) is 18.9 Å². The zero-order valence-electron chi connectivity index (χ0n) is 11.2. The second kappa shape index (κ2) is 6.38. The van der Waals surface area contributed by atoms with Crippen LogP contribution in [0.5, 0.6) is 5.75 Å². The molecule has 2 N–H and O–H groups in total. The molecule has 0 fully saturated rings. The lowest BCUT2D eigenvalue weighted by atomic mass is 10.1. The molecule has 0 saturated carbocycles. The molecule has 1 aliphatic rings. The van der Waals surface area contributed by atoms with E-state index in [9.17, 15) is 9.59 Å². The zero-order chi connectivity index (χ0) is 14.5. The maximum atomic E-state index is 12.1. The highest BCUT2D eigenvalue weighted by Crippen LogP contribution is 2.25. The molecule has 1 atom stereocenters. The number of nitrogens with one attached hydrogen (secondary N) is 1. The molecule has 108 valence electrons. The number of hydrogen-bond donors (Lipinski definition) is 2. The molecule has 1 aromatic rings. The van der Waals surface area contributed by atoms with Crippen LogP contribution in [0.3, 0.4) is 0 Å². The minimum atomic E-state index is -1.07. The van der Waals surface area contributed by atoms with Gasteiger partial charge in [0.15, 0.2) is 0 Å². The summed E-state index contributed by atoms with van der Waals surface area (Å²) in [6.07, 6.45) is 0.994. The van der Waals surface area contributed by atoms with Crippen LogP contribution in [-0.2, 0) is 16.0 Å². The second-order valence-electron chi connectivity index (χ2n) is 4.57. The average molecular weight is 279 g/mol. The molecule has 1 unspecified atom stereocenters. The number of hydrogen-bond acceptors (Lipinski definition) is 4. The van der Waals surface area contributed by atoms with E-state index in [0.29, 0.717) is 12.2 Å². The quantitative estimate of drug-likeness (QED) is 0.806. The summed E-state index contributed by atoms with van der Waals surface area (Å²) < 4.78 is 10.2. The van der Waals surface area contributed by atoms with Gasteiger partial charge in [-0.15, -0.1) is 0 Å². The van der Waals surface area contributed by atoms with Gasteiger partial charge in [0.25, 0.3) is 5.91 Å². The topological polar surface area (TPSA) is 84.9 Å². The van der Waals surface area contributed by atoms with E-state index < -0.39 is 17.9 Å². The number of methoxy groups -OCH3 is 1. The highest BCUT2D eigenvalue weighted by molar-refractivity contribution is 5.96. The Morgan fingerprint density at radius 3 is 3.00 bits per heavy atom. The molecule has 20 heavy (non-hydrogen) atoms. The van der Waals surface area contributed by atoms with Gasteiger partial charge in [0.2, 0.25) is 0 Å². The number of carboxylic acids is 1. The van der Waals surface area contributed by atoms with Gasteiger partial charge < -0.3 is 19.9 Å². The van der Waals surface area contributed by atoms with Crippen molar-refractivity contribution in [1.82, 2.24) is 5.32 Å². The Labute approximate surface area is 116 Å². The third kappa shape index (κ3) is 3.27. The zero-order valence-corrected chi connectivity index (χ0v) is 11.2. The van der Waals surface area contributed by atoms with E-state index in [0.717, 1.165) is 17.7 Å². The van der Waals surface area contributed by atoms with Crippen molar-refractivity contribution in [2.75, 3.05) is 20.3 Å². The first-order valence-corrected chi connectivity index (χ1v) is 6.40.